The molecule has 1 saturated heterocycles. The lowest BCUT2D eigenvalue weighted by molar-refractivity contribution is 0.266. The zero-order chi connectivity index (χ0) is 15.4. The Labute approximate surface area is 129 Å². The SMILES string of the molecule is CNC(C)C1CCCN(c2cnn(CCO)c(=O)c2Cl)C1. The van der Waals surface area contributed by atoms with E-state index in [9.17, 15) is 4.79 Å². The first-order valence-electron chi connectivity index (χ1n) is 7.37. The smallest absolute Gasteiger partial charge is 0.287 e. The topological polar surface area (TPSA) is 70.4 Å². The summed E-state index contributed by atoms with van der Waals surface area (Å²) in [6.07, 6.45) is 3.88. The van der Waals surface area contributed by atoms with Crippen LogP contribution >= 0.6 is 11.6 Å². The summed E-state index contributed by atoms with van der Waals surface area (Å²) in [5.74, 6) is 0.527. The van der Waals surface area contributed by atoms with E-state index in [0.717, 1.165) is 19.5 Å². The lowest BCUT2D eigenvalue weighted by Gasteiger charge is -2.37. The lowest BCUT2D eigenvalue weighted by Crippen LogP contribution is -2.44. The number of anilines is 1. The largest absolute Gasteiger partial charge is 0.394 e. The van der Waals surface area contributed by atoms with Crippen LogP contribution in [-0.2, 0) is 6.54 Å². The Morgan fingerprint density at radius 3 is 3.05 bits per heavy atom. The van der Waals surface area contributed by atoms with Gasteiger partial charge in [-0.25, -0.2) is 4.68 Å². The molecule has 0 spiro atoms. The van der Waals surface area contributed by atoms with E-state index in [0.29, 0.717) is 17.6 Å². The molecule has 0 aromatic carbocycles. The molecule has 21 heavy (non-hydrogen) atoms. The maximum Gasteiger partial charge on any atom is 0.287 e. The first-order valence-corrected chi connectivity index (χ1v) is 7.75. The molecule has 2 unspecified atom stereocenters. The van der Waals surface area contributed by atoms with Crippen LogP contribution in [-0.4, -0.2) is 47.7 Å². The van der Waals surface area contributed by atoms with Gasteiger partial charge in [0.15, 0.2) is 0 Å². The molecule has 1 aliphatic rings. The molecule has 6 nitrogen and oxygen atoms in total. The van der Waals surface area contributed by atoms with Crippen molar-refractivity contribution >= 4 is 17.3 Å². The molecule has 0 bridgehead atoms. The van der Waals surface area contributed by atoms with Gasteiger partial charge in [0, 0.05) is 19.1 Å². The third-order valence-corrected chi connectivity index (χ3v) is 4.59. The fraction of sp³-hybridized carbons (Fsp3) is 0.714. The van der Waals surface area contributed by atoms with E-state index < -0.39 is 0 Å². The van der Waals surface area contributed by atoms with Crippen molar-refractivity contribution in [2.24, 2.45) is 5.92 Å². The van der Waals surface area contributed by atoms with Crippen LogP contribution in [0.2, 0.25) is 5.02 Å². The summed E-state index contributed by atoms with van der Waals surface area (Å²) in [5, 5.41) is 16.5. The predicted molar refractivity (Wildman–Crippen MR) is 84.1 cm³/mol. The molecular weight excluding hydrogens is 292 g/mol. The third-order valence-electron chi connectivity index (χ3n) is 4.24. The Morgan fingerprint density at radius 1 is 1.62 bits per heavy atom. The second-order valence-corrected chi connectivity index (χ2v) is 5.90. The first kappa shape index (κ1) is 16.3. The average Bonchev–Trinajstić information content (AvgIpc) is 2.51. The number of nitrogens with zero attached hydrogens (tertiary/aromatic N) is 3. The van der Waals surface area contributed by atoms with Gasteiger partial charge in [0.05, 0.1) is 25.0 Å². The molecule has 1 aliphatic heterocycles. The fourth-order valence-electron chi connectivity index (χ4n) is 2.80. The van der Waals surface area contributed by atoms with Crippen molar-refractivity contribution in [3.05, 3.63) is 21.6 Å². The quantitative estimate of drug-likeness (QED) is 0.838. The molecule has 2 atom stereocenters. The van der Waals surface area contributed by atoms with E-state index in [1.807, 2.05) is 7.05 Å². The summed E-state index contributed by atoms with van der Waals surface area (Å²) in [5.41, 5.74) is 0.357. The van der Waals surface area contributed by atoms with Crippen molar-refractivity contribution in [1.82, 2.24) is 15.1 Å². The van der Waals surface area contributed by atoms with Gasteiger partial charge in [0.2, 0.25) is 0 Å². The van der Waals surface area contributed by atoms with Crippen LogP contribution in [0.3, 0.4) is 0 Å². The van der Waals surface area contributed by atoms with Gasteiger partial charge in [0.1, 0.15) is 5.02 Å². The van der Waals surface area contributed by atoms with Gasteiger partial charge in [-0.2, -0.15) is 5.10 Å². The molecule has 7 heteroatoms. The van der Waals surface area contributed by atoms with Crippen molar-refractivity contribution in [2.75, 3.05) is 31.6 Å². The van der Waals surface area contributed by atoms with Crippen LogP contribution in [0.5, 0.6) is 0 Å². The fourth-order valence-corrected chi connectivity index (χ4v) is 3.07. The molecule has 118 valence electrons. The van der Waals surface area contributed by atoms with Gasteiger partial charge in [-0.1, -0.05) is 11.6 Å². The summed E-state index contributed by atoms with van der Waals surface area (Å²) in [7, 11) is 1.97. The minimum atomic E-state index is -0.341. The van der Waals surface area contributed by atoms with Crippen LogP contribution in [0, 0.1) is 5.92 Å². The van der Waals surface area contributed by atoms with E-state index in [-0.39, 0.29) is 23.7 Å². The molecule has 0 saturated carbocycles. The van der Waals surface area contributed by atoms with Crippen molar-refractivity contribution in [1.29, 1.82) is 0 Å². The minimum Gasteiger partial charge on any atom is -0.394 e. The molecule has 2 N–H and O–H groups in total. The zero-order valence-electron chi connectivity index (χ0n) is 12.5. The molecule has 0 aliphatic carbocycles. The molecule has 2 rings (SSSR count). The van der Waals surface area contributed by atoms with E-state index >= 15 is 0 Å². The van der Waals surface area contributed by atoms with Crippen LogP contribution in [0.15, 0.2) is 11.0 Å². The number of hydrogen-bond donors (Lipinski definition) is 2. The number of rotatable bonds is 5. The Balaban J connectivity index is 2.21. The Bertz CT molecular complexity index is 534. The maximum atomic E-state index is 12.1. The summed E-state index contributed by atoms with van der Waals surface area (Å²) < 4.78 is 1.20. The normalized spacial score (nSPS) is 20.6. The van der Waals surface area contributed by atoms with Gasteiger partial charge < -0.3 is 15.3 Å². The van der Waals surface area contributed by atoms with Gasteiger partial charge >= 0.3 is 0 Å². The summed E-state index contributed by atoms with van der Waals surface area (Å²) in [6.45, 7) is 3.96. The lowest BCUT2D eigenvalue weighted by atomic mass is 9.91. The Kier molecular flexibility index (Phi) is 5.61. The second-order valence-electron chi connectivity index (χ2n) is 5.52. The number of hydrogen-bond acceptors (Lipinski definition) is 5. The van der Waals surface area contributed by atoms with Gasteiger partial charge in [-0.05, 0) is 32.7 Å². The van der Waals surface area contributed by atoms with Crippen molar-refractivity contribution < 1.29 is 5.11 Å². The second kappa shape index (κ2) is 7.24. The highest BCUT2D eigenvalue weighted by molar-refractivity contribution is 6.33. The molecule has 1 aromatic heterocycles. The van der Waals surface area contributed by atoms with Crippen LogP contribution in [0.1, 0.15) is 19.8 Å². The monoisotopic (exact) mass is 314 g/mol. The highest BCUT2D eigenvalue weighted by Gasteiger charge is 2.26. The Hall–Kier alpha value is -1.11. The highest BCUT2D eigenvalue weighted by Crippen LogP contribution is 2.28. The third kappa shape index (κ3) is 3.56. The van der Waals surface area contributed by atoms with Crippen molar-refractivity contribution in [2.45, 2.75) is 32.4 Å². The van der Waals surface area contributed by atoms with Gasteiger partial charge in [-0.3, -0.25) is 4.79 Å². The van der Waals surface area contributed by atoms with E-state index in [4.69, 9.17) is 16.7 Å². The number of aromatic nitrogens is 2. The van der Waals surface area contributed by atoms with Crippen molar-refractivity contribution in [3.63, 3.8) is 0 Å². The number of aliphatic hydroxyl groups is 1. The molecule has 1 fully saturated rings. The molecule has 0 amide bonds. The average molecular weight is 315 g/mol. The zero-order valence-corrected chi connectivity index (χ0v) is 13.3. The van der Waals surface area contributed by atoms with Crippen LogP contribution in [0.25, 0.3) is 0 Å². The summed E-state index contributed by atoms with van der Waals surface area (Å²) in [6, 6.07) is 0.425. The highest BCUT2D eigenvalue weighted by atomic mass is 35.5. The predicted octanol–water partition coefficient (Wildman–Crippen LogP) is 0.713. The number of piperidine rings is 1. The van der Waals surface area contributed by atoms with E-state index in [1.54, 1.807) is 6.20 Å². The number of nitrogens with one attached hydrogen (secondary N) is 1. The van der Waals surface area contributed by atoms with Crippen molar-refractivity contribution in [3.8, 4) is 0 Å². The summed E-state index contributed by atoms with van der Waals surface area (Å²) in [4.78, 5) is 14.3. The molecule has 1 aromatic rings. The van der Waals surface area contributed by atoms with Gasteiger partial charge in [0.25, 0.3) is 5.56 Å². The van der Waals surface area contributed by atoms with Crippen LogP contribution in [0.4, 0.5) is 5.69 Å². The Morgan fingerprint density at radius 2 is 2.38 bits per heavy atom. The number of halogens is 1. The molecule has 0 radical (unpaired) electrons. The molecular formula is C14H23ClN4O2. The standard InChI is InChI=1S/C14H23ClN4O2/c1-10(16-2)11-4-3-5-18(9-11)12-8-17-19(6-7-20)14(21)13(12)15/h8,10-11,16,20H,3-7,9H2,1-2H3. The van der Waals surface area contributed by atoms with Crippen LogP contribution < -0.4 is 15.8 Å². The minimum absolute atomic E-state index is 0.131. The number of aliphatic hydroxyl groups excluding tert-OH is 1. The molecule has 2 heterocycles. The summed E-state index contributed by atoms with van der Waals surface area (Å²) >= 11 is 6.22. The van der Waals surface area contributed by atoms with E-state index in [1.165, 1.54) is 11.1 Å². The van der Waals surface area contributed by atoms with E-state index in [2.05, 4.69) is 22.2 Å². The van der Waals surface area contributed by atoms with Gasteiger partial charge in [-0.15, -0.1) is 0 Å². The first-order chi connectivity index (χ1) is 10.1. The maximum absolute atomic E-state index is 12.1.